The Morgan fingerprint density at radius 2 is 1.85 bits per heavy atom. The van der Waals surface area contributed by atoms with Gasteiger partial charge in [-0.25, -0.2) is 0 Å². The third kappa shape index (κ3) is 5.14. The van der Waals surface area contributed by atoms with E-state index in [2.05, 4.69) is 10.5 Å². The molecular formula is C17H18N4O6. The number of rotatable bonds is 8. The molecule has 0 unspecified atom stereocenters. The predicted octanol–water partition coefficient (Wildman–Crippen LogP) is 3.74. The summed E-state index contributed by atoms with van der Waals surface area (Å²) >= 11 is 0. The van der Waals surface area contributed by atoms with Crippen LogP contribution in [-0.2, 0) is 0 Å². The van der Waals surface area contributed by atoms with E-state index in [9.17, 15) is 20.2 Å². The second kappa shape index (κ2) is 8.61. The number of nitro groups is 2. The number of hydrazone groups is 1. The van der Waals surface area contributed by atoms with Crippen molar-refractivity contribution in [3.8, 4) is 11.5 Å². The Balaban J connectivity index is 2.32. The van der Waals surface area contributed by atoms with Crippen molar-refractivity contribution < 1.29 is 19.3 Å². The highest BCUT2D eigenvalue weighted by molar-refractivity contribution is 5.87. The Hall–Kier alpha value is -3.69. The minimum Gasteiger partial charge on any atom is -0.493 e. The SMILES string of the molecule is COc1cc([N+](=O)[O-])c(C=NNc2cccc([N+](=O)[O-])c2)cc1OC(C)C. The van der Waals surface area contributed by atoms with Gasteiger partial charge in [0.1, 0.15) is 0 Å². The number of hydrogen-bond acceptors (Lipinski definition) is 8. The van der Waals surface area contributed by atoms with Gasteiger partial charge >= 0.3 is 0 Å². The van der Waals surface area contributed by atoms with Crippen molar-refractivity contribution >= 4 is 23.3 Å². The number of nitrogens with one attached hydrogen (secondary N) is 1. The van der Waals surface area contributed by atoms with Crippen LogP contribution >= 0.6 is 0 Å². The van der Waals surface area contributed by atoms with Crippen LogP contribution in [0.5, 0.6) is 11.5 Å². The maximum Gasteiger partial charge on any atom is 0.282 e. The van der Waals surface area contributed by atoms with E-state index >= 15 is 0 Å². The van der Waals surface area contributed by atoms with Gasteiger partial charge < -0.3 is 9.47 Å². The van der Waals surface area contributed by atoms with Gasteiger partial charge in [0.2, 0.25) is 0 Å². The van der Waals surface area contributed by atoms with Crippen molar-refractivity contribution in [2.45, 2.75) is 20.0 Å². The minimum absolute atomic E-state index is 0.0988. The van der Waals surface area contributed by atoms with E-state index in [-0.39, 0.29) is 28.8 Å². The number of nitro benzene ring substituents is 2. The van der Waals surface area contributed by atoms with Crippen LogP contribution in [-0.4, -0.2) is 29.3 Å². The third-order valence-corrected chi connectivity index (χ3v) is 3.33. The van der Waals surface area contributed by atoms with E-state index in [1.54, 1.807) is 6.07 Å². The summed E-state index contributed by atoms with van der Waals surface area (Å²) in [6.45, 7) is 3.64. The Labute approximate surface area is 154 Å². The number of ether oxygens (including phenoxy) is 2. The number of methoxy groups -OCH3 is 1. The highest BCUT2D eigenvalue weighted by Gasteiger charge is 2.19. The number of nitrogens with zero attached hydrogens (tertiary/aromatic N) is 3. The van der Waals surface area contributed by atoms with Gasteiger partial charge in [0, 0.05) is 12.1 Å². The van der Waals surface area contributed by atoms with Gasteiger partial charge in [-0.15, -0.1) is 0 Å². The summed E-state index contributed by atoms with van der Waals surface area (Å²) in [5, 5.41) is 26.1. The average molecular weight is 374 g/mol. The number of non-ortho nitro benzene ring substituents is 1. The first-order valence-corrected chi connectivity index (χ1v) is 7.88. The summed E-state index contributed by atoms with van der Waals surface area (Å²) in [5.74, 6) is 0.578. The van der Waals surface area contributed by atoms with E-state index in [1.165, 1.54) is 43.7 Å². The standard InChI is InChI=1S/C17H18N4O6/c1-11(2)27-17-7-12(15(21(24)25)9-16(17)26-3)10-18-19-13-5-4-6-14(8-13)20(22)23/h4-11,19H,1-3H3. The minimum atomic E-state index is -0.559. The summed E-state index contributed by atoms with van der Waals surface area (Å²) in [5.41, 5.74) is 2.86. The Morgan fingerprint density at radius 3 is 2.44 bits per heavy atom. The molecule has 0 amide bonds. The zero-order valence-corrected chi connectivity index (χ0v) is 14.9. The second-order valence-corrected chi connectivity index (χ2v) is 5.66. The van der Waals surface area contributed by atoms with Gasteiger partial charge in [-0.1, -0.05) is 6.07 Å². The first kappa shape index (κ1) is 19.6. The van der Waals surface area contributed by atoms with Gasteiger partial charge in [-0.05, 0) is 26.0 Å². The summed E-state index contributed by atoms with van der Waals surface area (Å²) in [6.07, 6.45) is 1.08. The molecule has 2 aromatic rings. The van der Waals surface area contributed by atoms with Crippen molar-refractivity contribution in [3.05, 3.63) is 62.2 Å². The number of anilines is 1. The first-order valence-electron chi connectivity index (χ1n) is 7.88. The zero-order valence-electron chi connectivity index (χ0n) is 14.9. The molecule has 0 aliphatic rings. The molecule has 0 aliphatic carbocycles. The Morgan fingerprint density at radius 1 is 1.11 bits per heavy atom. The van der Waals surface area contributed by atoms with E-state index in [1.807, 2.05) is 13.8 Å². The fourth-order valence-electron chi connectivity index (χ4n) is 2.20. The summed E-state index contributed by atoms with van der Waals surface area (Å²) in [7, 11) is 1.39. The van der Waals surface area contributed by atoms with Crippen molar-refractivity contribution in [1.29, 1.82) is 0 Å². The lowest BCUT2D eigenvalue weighted by molar-refractivity contribution is -0.385. The summed E-state index contributed by atoms with van der Waals surface area (Å²) in [4.78, 5) is 21.0. The quantitative estimate of drug-likeness (QED) is 0.423. The molecule has 0 heterocycles. The summed E-state index contributed by atoms with van der Waals surface area (Å²) < 4.78 is 10.8. The molecule has 0 saturated carbocycles. The first-order chi connectivity index (χ1) is 12.8. The van der Waals surface area contributed by atoms with E-state index < -0.39 is 9.85 Å². The monoisotopic (exact) mass is 374 g/mol. The summed E-state index contributed by atoms with van der Waals surface area (Å²) in [6, 6.07) is 8.44. The Bertz CT molecular complexity index is 882. The molecule has 10 heteroatoms. The number of hydrogen-bond donors (Lipinski definition) is 1. The smallest absolute Gasteiger partial charge is 0.282 e. The van der Waals surface area contributed by atoms with Crippen LogP contribution < -0.4 is 14.9 Å². The molecule has 142 valence electrons. The largest absolute Gasteiger partial charge is 0.493 e. The molecule has 1 N–H and O–H groups in total. The van der Waals surface area contributed by atoms with E-state index in [0.29, 0.717) is 11.4 Å². The predicted molar refractivity (Wildman–Crippen MR) is 99.7 cm³/mol. The molecule has 0 aliphatic heterocycles. The van der Waals surface area contributed by atoms with Gasteiger partial charge in [0.25, 0.3) is 11.4 Å². The van der Waals surface area contributed by atoms with E-state index in [4.69, 9.17) is 9.47 Å². The highest BCUT2D eigenvalue weighted by atomic mass is 16.6. The molecule has 0 atom stereocenters. The molecule has 0 radical (unpaired) electrons. The highest BCUT2D eigenvalue weighted by Crippen LogP contribution is 2.34. The molecule has 0 saturated heterocycles. The molecule has 0 spiro atoms. The lowest BCUT2D eigenvalue weighted by atomic mass is 10.1. The lowest BCUT2D eigenvalue weighted by Crippen LogP contribution is -2.08. The van der Waals surface area contributed by atoms with Crippen molar-refractivity contribution in [2.75, 3.05) is 12.5 Å². The van der Waals surface area contributed by atoms with Gasteiger partial charge in [0.15, 0.2) is 11.5 Å². The second-order valence-electron chi connectivity index (χ2n) is 5.66. The van der Waals surface area contributed by atoms with Crippen molar-refractivity contribution in [2.24, 2.45) is 5.10 Å². The van der Waals surface area contributed by atoms with Crippen LogP contribution in [0, 0.1) is 20.2 Å². The van der Waals surface area contributed by atoms with Crippen LogP contribution in [0.1, 0.15) is 19.4 Å². The van der Waals surface area contributed by atoms with Crippen LogP contribution in [0.15, 0.2) is 41.5 Å². The molecule has 0 aromatic heterocycles. The fraction of sp³-hybridized carbons (Fsp3) is 0.235. The average Bonchev–Trinajstić information content (AvgIpc) is 2.61. The van der Waals surface area contributed by atoms with Crippen LogP contribution in [0.3, 0.4) is 0 Å². The normalized spacial score (nSPS) is 10.8. The van der Waals surface area contributed by atoms with Crippen LogP contribution in [0.4, 0.5) is 17.1 Å². The van der Waals surface area contributed by atoms with Gasteiger partial charge in [0.05, 0.1) is 46.6 Å². The molecule has 2 rings (SSSR count). The lowest BCUT2D eigenvalue weighted by Gasteiger charge is -2.14. The Kier molecular flexibility index (Phi) is 6.26. The van der Waals surface area contributed by atoms with Crippen molar-refractivity contribution in [3.63, 3.8) is 0 Å². The molecule has 2 aromatic carbocycles. The van der Waals surface area contributed by atoms with Crippen LogP contribution in [0.25, 0.3) is 0 Å². The molecule has 27 heavy (non-hydrogen) atoms. The molecule has 0 fully saturated rings. The third-order valence-electron chi connectivity index (χ3n) is 3.33. The van der Waals surface area contributed by atoms with E-state index in [0.717, 1.165) is 0 Å². The van der Waals surface area contributed by atoms with Crippen molar-refractivity contribution in [1.82, 2.24) is 0 Å². The maximum absolute atomic E-state index is 11.3. The topological polar surface area (TPSA) is 129 Å². The molecule has 0 bridgehead atoms. The van der Waals surface area contributed by atoms with Gasteiger partial charge in [-0.3, -0.25) is 25.7 Å². The molecule has 10 nitrogen and oxygen atoms in total. The number of benzene rings is 2. The van der Waals surface area contributed by atoms with Crippen LogP contribution in [0.2, 0.25) is 0 Å². The fourth-order valence-corrected chi connectivity index (χ4v) is 2.20. The maximum atomic E-state index is 11.3. The molecular weight excluding hydrogens is 356 g/mol. The zero-order chi connectivity index (χ0) is 20.0. The van der Waals surface area contributed by atoms with Gasteiger partial charge in [-0.2, -0.15) is 5.10 Å².